The zero-order valence-corrected chi connectivity index (χ0v) is 9.75. The van der Waals surface area contributed by atoms with Gasteiger partial charge in [-0.15, -0.1) is 0 Å². The van der Waals surface area contributed by atoms with Crippen LogP contribution in [0.4, 0.5) is 0 Å². The molecule has 0 spiro atoms. The zero-order valence-electron chi connectivity index (χ0n) is 9.75. The fraction of sp³-hybridized carbons (Fsp3) is 0.727. The lowest BCUT2D eigenvalue weighted by Crippen LogP contribution is -2.25. The summed E-state index contributed by atoms with van der Waals surface area (Å²) < 4.78 is 7.67. The first kappa shape index (κ1) is 11.6. The molecule has 1 fully saturated rings. The highest BCUT2D eigenvalue weighted by Gasteiger charge is 2.33. The van der Waals surface area contributed by atoms with E-state index in [1.54, 1.807) is 7.11 Å². The van der Waals surface area contributed by atoms with Crippen molar-refractivity contribution in [3.8, 4) is 0 Å². The van der Waals surface area contributed by atoms with Crippen LogP contribution < -0.4 is 5.73 Å². The minimum absolute atomic E-state index is 0.256. The number of rotatable bonds is 5. The summed E-state index contributed by atoms with van der Waals surface area (Å²) in [4.78, 5) is 6.50. The topological polar surface area (TPSA) is 56.3 Å². The Kier molecular flexibility index (Phi) is 3.93. The summed E-state index contributed by atoms with van der Waals surface area (Å²) >= 11 is 0. The Labute approximate surface area is 96.2 Å². The first-order chi connectivity index (χ1) is 7.85. The fourth-order valence-electron chi connectivity index (χ4n) is 2.31. The Bertz CT molecular complexity index is 301. The number of aromatic nitrogens is 2. The van der Waals surface area contributed by atoms with Crippen LogP contribution in [0.15, 0.2) is 18.7 Å². The van der Waals surface area contributed by atoms with Crippen molar-refractivity contribution in [2.75, 3.05) is 33.3 Å². The highest BCUT2D eigenvalue weighted by molar-refractivity contribution is 4.92. The van der Waals surface area contributed by atoms with Crippen molar-refractivity contribution in [3.05, 3.63) is 18.7 Å². The van der Waals surface area contributed by atoms with Gasteiger partial charge >= 0.3 is 0 Å². The molecule has 2 heterocycles. The van der Waals surface area contributed by atoms with Crippen LogP contribution in [-0.4, -0.2) is 53.8 Å². The Morgan fingerprint density at radius 2 is 2.38 bits per heavy atom. The van der Waals surface area contributed by atoms with E-state index in [0.29, 0.717) is 6.04 Å². The first-order valence-corrected chi connectivity index (χ1v) is 5.78. The van der Waals surface area contributed by atoms with Crippen LogP contribution in [0.25, 0.3) is 0 Å². The van der Waals surface area contributed by atoms with Crippen molar-refractivity contribution in [1.29, 1.82) is 0 Å². The van der Waals surface area contributed by atoms with Gasteiger partial charge in [0.15, 0.2) is 0 Å². The molecule has 0 aliphatic carbocycles. The SMILES string of the molecule is CO[C@@H]1CN(CCCN)C[C@@H]1n1ccnc1. The third kappa shape index (κ3) is 2.42. The Hall–Kier alpha value is -0.910. The molecule has 0 aromatic carbocycles. The molecule has 0 radical (unpaired) electrons. The van der Waals surface area contributed by atoms with Crippen LogP contribution in [0.3, 0.4) is 0 Å². The van der Waals surface area contributed by atoms with Crippen molar-refractivity contribution in [1.82, 2.24) is 14.5 Å². The molecule has 2 N–H and O–H groups in total. The van der Waals surface area contributed by atoms with E-state index in [2.05, 4.69) is 14.5 Å². The number of ether oxygens (including phenoxy) is 1. The van der Waals surface area contributed by atoms with Crippen LogP contribution in [0.1, 0.15) is 12.5 Å². The Balaban J connectivity index is 1.97. The molecule has 5 heteroatoms. The first-order valence-electron chi connectivity index (χ1n) is 5.78. The lowest BCUT2D eigenvalue weighted by molar-refractivity contribution is 0.0815. The summed E-state index contributed by atoms with van der Waals surface area (Å²) in [6, 6.07) is 0.380. The molecule has 1 aliphatic heterocycles. The van der Waals surface area contributed by atoms with Crippen LogP contribution >= 0.6 is 0 Å². The summed E-state index contributed by atoms with van der Waals surface area (Å²) in [5.41, 5.74) is 5.53. The largest absolute Gasteiger partial charge is 0.378 e. The minimum Gasteiger partial charge on any atom is -0.378 e. The number of nitrogens with two attached hydrogens (primary N) is 1. The third-order valence-electron chi connectivity index (χ3n) is 3.20. The molecule has 0 bridgehead atoms. The molecule has 1 aromatic heterocycles. The standard InChI is InChI=1S/C11H20N4O/c1-16-11-8-14(5-2-3-12)7-10(11)15-6-4-13-9-15/h4,6,9-11H,2-3,5,7-8,12H2,1H3/t10-,11+/m0/s1. The van der Waals surface area contributed by atoms with Crippen LogP contribution in [0, 0.1) is 0 Å². The summed E-state index contributed by atoms with van der Waals surface area (Å²) in [7, 11) is 1.78. The lowest BCUT2D eigenvalue weighted by Gasteiger charge is -2.17. The van der Waals surface area contributed by atoms with E-state index >= 15 is 0 Å². The quantitative estimate of drug-likeness (QED) is 0.771. The Morgan fingerprint density at radius 1 is 1.50 bits per heavy atom. The van der Waals surface area contributed by atoms with Crippen molar-refractivity contribution >= 4 is 0 Å². The summed E-state index contributed by atoms with van der Waals surface area (Å²) in [5, 5.41) is 0. The summed E-state index contributed by atoms with van der Waals surface area (Å²) in [6.07, 6.45) is 6.99. The van der Waals surface area contributed by atoms with Gasteiger partial charge in [0.25, 0.3) is 0 Å². The van der Waals surface area contributed by atoms with Gasteiger partial charge < -0.3 is 15.0 Å². The van der Waals surface area contributed by atoms with E-state index in [1.165, 1.54) is 0 Å². The molecule has 2 rings (SSSR count). The molecule has 2 atom stereocenters. The predicted molar refractivity (Wildman–Crippen MR) is 62.2 cm³/mol. The summed E-state index contributed by atoms with van der Waals surface area (Å²) in [5.74, 6) is 0. The average Bonchev–Trinajstić information content (AvgIpc) is 2.94. The molecule has 0 amide bonds. The van der Waals surface area contributed by atoms with Gasteiger partial charge in [-0.25, -0.2) is 4.98 Å². The van der Waals surface area contributed by atoms with Gasteiger partial charge in [0.05, 0.1) is 18.5 Å². The highest BCUT2D eigenvalue weighted by Crippen LogP contribution is 2.24. The summed E-state index contributed by atoms with van der Waals surface area (Å²) in [6.45, 7) is 3.82. The number of hydrogen-bond acceptors (Lipinski definition) is 4. The number of hydrogen-bond donors (Lipinski definition) is 1. The predicted octanol–water partition coefficient (Wildman–Crippen LogP) is 0.104. The molecule has 5 nitrogen and oxygen atoms in total. The Morgan fingerprint density at radius 3 is 3.00 bits per heavy atom. The van der Waals surface area contributed by atoms with E-state index in [9.17, 15) is 0 Å². The fourth-order valence-corrected chi connectivity index (χ4v) is 2.31. The van der Waals surface area contributed by atoms with Gasteiger partial charge in [-0.3, -0.25) is 4.90 Å². The van der Waals surface area contributed by atoms with E-state index < -0.39 is 0 Å². The molecule has 90 valence electrons. The van der Waals surface area contributed by atoms with Crippen molar-refractivity contribution in [2.45, 2.75) is 18.6 Å². The van der Waals surface area contributed by atoms with E-state index in [1.807, 2.05) is 18.7 Å². The van der Waals surface area contributed by atoms with Crippen LogP contribution in [0.5, 0.6) is 0 Å². The molecule has 1 aliphatic rings. The maximum absolute atomic E-state index is 5.54. The molecule has 16 heavy (non-hydrogen) atoms. The number of imidazole rings is 1. The van der Waals surface area contributed by atoms with E-state index in [0.717, 1.165) is 32.6 Å². The molecular formula is C11H20N4O. The maximum atomic E-state index is 5.54. The molecule has 0 unspecified atom stereocenters. The number of methoxy groups -OCH3 is 1. The smallest absolute Gasteiger partial charge is 0.0949 e. The second kappa shape index (κ2) is 5.43. The molecule has 0 saturated carbocycles. The maximum Gasteiger partial charge on any atom is 0.0949 e. The zero-order chi connectivity index (χ0) is 11.4. The van der Waals surface area contributed by atoms with Gasteiger partial charge in [0.1, 0.15) is 0 Å². The van der Waals surface area contributed by atoms with E-state index in [-0.39, 0.29) is 6.10 Å². The van der Waals surface area contributed by atoms with Crippen molar-refractivity contribution in [2.24, 2.45) is 5.73 Å². The average molecular weight is 224 g/mol. The number of nitrogens with zero attached hydrogens (tertiary/aromatic N) is 3. The lowest BCUT2D eigenvalue weighted by atomic mass is 10.2. The second-order valence-electron chi connectivity index (χ2n) is 4.25. The van der Waals surface area contributed by atoms with Gasteiger partial charge in [-0.1, -0.05) is 0 Å². The minimum atomic E-state index is 0.256. The van der Waals surface area contributed by atoms with E-state index in [4.69, 9.17) is 10.5 Å². The van der Waals surface area contributed by atoms with Crippen LogP contribution in [-0.2, 0) is 4.74 Å². The second-order valence-corrected chi connectivity index (χ2v) is 4.25. The monoisotopic (exact) mass is 224 g/mol. The molecular weight excluding hydrogens is 204 g/mol. The molecule has 1 aromatic rings. The van der Waals surface area contributed by atoms with Gasteiger partial charge in [0.2, 0.25) is 0 Å². The normalized spacial score (nSPS) is 26.4. The van der Waals surface area contributed by atoms with Gasteiger partial charge in [0, 0.05) is 32.6 Å². The van der Waals surface area contributed by atoms with Gasteiger partial charge in [-0.05, 0) is 19.5 Å². The third-order valence-corrected chi connectivity index (χ3v) is 3.20. The van der Waals surface area contributed by atoms with Crippen molar-refractivity contribution in [3.63, 3.8) is 0 Å². The van der Waals surface area contributed by atoms with Crippen molar-refractivity contribution < 1.29 is 4.74 Å². The number of likely N-dealkylation sites (tertiary alicyclic amines) is 1. The molecule has 1 saturated heterocycles. The highest BCUT2D eigenvalue weighted by atomic mass is 16.5. The van der Waals surface area contributed by atoms with Gasteiger partial charge in [-0.2, -0.15) is 0 Å². The van der Waals surface area contributed by atoms with Crippen LogP contribution in [0.2, 0.25) is 0 Å².